The van der Waals surface area contributed by atoms with Gasteiger partial charge in [-0.05, 0) is 74.0 Å². The summed E-state index contributed by atoms with van der Waals surface area (Å²) >= 11 is 0. The molecule has 96 valence electrons. The maximum atomic E-state index is 3.88. The van der Waals surface area contributed by atoms with Crippen LogP contribution in [0.5, 0.6) is 0 Å². The van der Waals surface area contributed by atoms with E-state index in [0.29, 0.717) is 6.04 Å². The second kappa shape index (κ2) is 4.38. The third kappa shape index (κ3) is 2.09. The Hall–Kier alpha value is -0.820. The fourth-order valence-corrected chi connectivity index (χ4v) is 3.81. The van der Waals surface area contributed by atoms with Gasteiger partial charge in [0.25, 0.3) is 0 Å². The van der Waals surface area contributed by atoms with E-state index < -0.39 is 0 Å². The highest BCUT2D eigenvalue weighted by Gasteiger charge is 2.41. The third-order valence-electron chi connectivity index (χ3n) is 5.19. The Balaban J connectivity index is 1.40. The molecule has 3 aliphatic carbocycles. The predicted molar refractivity (Wildman–Crippen MR) is 74.4 cm³/mol. The number of aryl methyl sites for hydroxylation is 1. The van der Waals surface area contributed by atoms with Gasteiger partial charge in [0.05, 0.1) is 0 Å². The van der Waals surface area contributed by atoms with Crippen LogP contribution in [0, 0.1) is 17.8 Å². The molecule has 1 N–H and O–H groups in total. The molecule has 0 bridgehead atoms. The molecule has 0 radical (unpaired) electrons. The highest BCUT2D eigenvalue weighted by Crippen LogP contribution is 2.49. The molecule has 4 rings (SSSR count). The van der Waals surface area contributed by atoms with Crippen LogP contribution < -0.4 is 5.32 Å². The van der Waals surface area contributed by atoms with Crippen LogP contribution in [0.1, 0.15) is 49.3 Å². The number of benzene rings is 1. The molecule has 0 aromatic heterocycles. The average molecular weight is 241 g/mol. The molecule has 2 saturated carbocycles. The van der Waals surface area contributed by atoms with Crippen LogP contribution in [0.25, 0.3) is 0 Å². The van der Waals surface area contributed by atoms with E-state index >= 15 is 0 Å². The standard InChI is InChI=1S/C17H23N/c1-2-4-15-12(3-1)9-10-17(15)18-11-16(13-5-6-13)14-7-8-14/h1-4,13-14,16-18H,5-11H2. The number of rotatable bonds is 5. The van der Waals surface area contributed by atoms with E-state index in [-0.39, 0.29) is 0 Å². The molecule has 0 spiro atoms. The fraction of sp³-hybridized carbons (Fsp3) is 0.647. The minimum Gasteiger partial charge on any atom is -0.310 e. The molecule has 1 nitrogen and oxygen atoms in total. The first-order chi connectivity index (χ1) is 8.92. The van der Waals surface area contributed by atoms with Crippen LogP contribution in [-0.2, 0) is 6.42 Å². The van der Waals surface area contributed by atoms with Gasteiger partial charge in [-0.1, -0.05) is 24.3 Å². The van der Waals surface area contributed by atoms with Gasteiger partial charge < -0.3 is 5.32 Å². The van der Waals surface area contributed by atoms with Crippen molar-refractivity contribution in [2.24, 2.45) is 17.8 Å². The Kier molecular flexibility index (Phi) is 2.69. The summed E-state index contributed by atoms with van der Waals surface area (Å²) in [5.74, 6) is 3.14. The third-order valence-corrected chi connectivity index (χ3v) is 5.19. The van der Waals surface area contributed by atoms with Gasteiger partial charge in [0.2, 0.25) is 0 Å². The van der Waals surface area contributed by atoms with Crippen LogP contribution in [0.2, 0.25) is 0 Å². The van der Waals surface area contributed by atoms with Gasteiger partial charge in [0.15, 0.2) is 0 Å². The van der Waals surface area contributed by atoms with Crippen molar-refractivity contribution in [2.75, 3.05) is 6.54 Å². The lowest BCUT2D eigenvalue weighted by Gasteiger charge is -2.20. The first-order valence-electron chi connectivity index (χ1n) is 7.73. The smallest absolute Gasteiger partial charge is 0.0326 e. The summed E-state index contributed by atoms with van der Waals surface area (Å²) in [6, 6.07) is 9.64. The lowest BCUT2D eigenvalue weighted by atomic mass is 9.97. The van der Waals surface area contributed by atoms with E-state index in [1.54, 1.807) is 11.1 Å². The topological polar surface area (TPSA) is 12.0 Å². The maximum absolute atomic E-state index is 3.88. The molecule has 0 aliphatic heterocycles. The quantitative estimate of drug-likeness (QED) is 0.829. The lowest BCUT2D eigenvalue weighted by Crippen LogP contribution is -2.28. The van der Waals surface area contributed by atoms with Crippen LogP contribution in [0.4, 0.5) is 0 Å². The zero-order valence-corrected chi connectivity index (χ0v) is 11.1. The second-order valence-corrected chi connectivity index (χ2v) is 6.54. The van der Waals surface area contributed by atoms with Crippen molar-refractivity contribution in [1.29, 1.82) is 0 Å². The van der Waals surface area contributed by atoms with Gasteiger partial charge in [0, 0.05) is 6.04 Å². The molecule has 0 saturated heterocycles. The van der Waals surface area contributed by atoms with E-state index in [2.05, 4.69) is 29.6 Å². The van der Waals surface area contributed by atoms with E-state index in [0.717, 1.165) is 17.8 Å². The van der Waals surface area contributed by atoms with Gasteiger partial charge in [0.1, 0.15) is 0 Å². The van der Waals surface area contributed by atoms with E-state index in [1.807, 2.05) is 0 Å². The van der Waals surface area contributed by atoms with Crippen molar-refractivity contribution in [3.8, 4) is 0 Å². The van der Waals surface area contributed by atoms with Gasteiger partial charge >= 0.3 is 0 Å². The highest BCUT2D eigenvalue weighted by atomic mass is 14.9. The Morgan fingerprint density at radius 3 is 2.44 bits per heavy atom. The summed E-state index contributed by atoms with van der Waals surface area (Å²) in [5.41, 5.74) is 3.15. The predicted octanol–water partition coefficient (Wildman–Crippen LogP) is 3.70. The molecule has 1 unspecified atom stereocenters. The highest BCUT2D eigenvalue weighted by molar-refractivity contribution is 5.34. The lowest BCUT2D eigenvalue weighted by molar-refractivity contribution is 0.355. The summed E-state index contributed by atoms with van der Waals surface area (Å²) < 4.78 is 0. The molecule has 1 atom stereocenters. The van der Waals surface area contributed by atoms with E-state index in [1.165, 1.54) is 45.1 Å². The Morgan fingerprint density at radius 1 is 1.00 bits per heavy atom. The molecular weight excluding hydrogens is 218 g/mol. The number of fused-ring (bicyclic) bond motifs is 1. The monoisotopic (exact) mass is 241 g/mol. The molecule has 18 heavy (non-hydrogen) atoms. The minimum absolute atomic E-state index is 0.640. The number of hydrogen-bond acceptors (Lipinski definition) is 1. The minimum atomic E-state index is 0.640. The van der Waals surface area contributed by atoms with Crippen molar-refractivity contribution < 1.29 is 0 Å². The van der Waals surface area contributed by atoms with Crippen LogP contribution in [-0.4, -0.2) is 6.54 Å². The molecule has 2 fully saturated rings. The summed E-state index contributed by atoms with van der Waals surface area (Å²) in [5, 5.41) is 3.88. The number of nitrogens with one attached hydrogen (secondary N) is 1. The Bertz CT molecular complexity index is 419. The van der Waals surface area contributed by atoms with Crippen molar-refractivity contribution in [3.63, 3.8) is 0 Å². The zero-order valence-electron chi connectivity index (χ0n) is 11.1. The van der Waals surface area contributed by atoms with Gasteiger partial charge in [-0.3, -0.25) is 0 Å². The van der Waals surface area contributed by atoms with Crippen molar-refractivity contribution in [1.82, 2.24) is 5.32 Å². The summed E-state index contributed by atoms with van der Waals surface area (Å²) in [7, 11) is 0. The Labute approximate surface area is 110 Å². The van der Waals surface area contributed by atoms with Crippen molar-refractivity contribution >= 4 is 0 Å². The first kappa shape index (κ1) is 11.0. The molecule has 0 amide bonds. The summed E-state index contributed by atoms with van der Waals surface area (Å²) in [6.45, 7) is 1.27. The molecule has 0 heterocycles. The zero-order chi connectivity index (χ0) is 11.9. The molecule has 1 heteroatoms. The van der Waals surface area contributed by atoms with Gasteiger partial charge in [-0.15, -0.1) is 0 Å². The normalized spacial score (nSPS) is 26.6. The van der Waals surface area contributed by atoms with Crippen LogP contribution in [0.3, 0.4) is 0 Å². The SMILES string of the molecule is c1ccc2c(c1)CCC2NCC(C1CC1)C1CC1. The summed E-state index contributed by atoms with van der Waals surface area (Å²) in [6.07, 6.45) is 8.59. The van der Waals surface area contributed by atoms with E-state index in [9.17, 15) is 0 Å². The second-order valence-electron chi connectivity index (χ2n) is 6.54. The van der Waals surface area contributed by atoms with Crippen LogP contribution >= 0.6 is 0 Å². The average Bonchev–Trinajstić information content (AvgIpc) is 3.29. The fourth-order valence-electron chi connectivity index (χ4n) is 3.81. The molecule has 1 aromatic carbocycles. The van der Waals surface area contributed by atoms with Gasteiger partial charge in [-0.25, -0.2) is 0 Å². The molecule has 1 aromatic rings. The van der Waals surface area contributed by atoms with Gasteiger partial charge in [-0.2, -0.15) is 0 Å². The number of hydrogen-bond donors (Lipinski definition) is 1. The van der Waals surface area contributed by atoms with Crippen LogP contribution in [0.15, 0.2) is 24.3 Å². The van der Waals surface area contributed by atoms with E-state index in [4.69, 9.17) is 0 Å². The largest absolute Gasteiger partial charge is 0.310 e. The van der Waals surface area contributed by atoms with Crippen molar-refractivity contribution in [3.05, 3.63) is 35.4 Å². The van der Waals surface area contributed by atoms with Crippen molar-refractivity contribution in [2.45, 2.75) is 44.6 Å². The summed E-state index contributed by atoms with van der Waals surface area (Å²) in [4.78, 5) is 0. The molecular formula is C17H23N. The molecule has 3 aliphatic rings. The Morgan fingerprint density at radius 2 is 1.72 bits per heavy atom. The maximum Gasteiger partial charge on any atom is 0.0326 e. The first-order valence-corrected chi connectivity index (χ1v) is 7.73.